The smallest absolute Gasteiger partial charge is 0.313 e. The largest absolute Gasteiger partial charge is 0.493 e. The molecule has 0 aliphatic heterocycles. The number of aromatic amines is 1. The van der Waals surface area contributed by atoms with Crippen LogP contribution in [0.3, 0.4) is 0 Å². The Morgan fingerprint density at radius 3 is 2.25 bits per heavy atom. The van der Waals surface area contributed by atoms with Gasteiger partial charge < -0.3 is 19.6 Å². The molecule has 1 aromatic heterocycles. The maximum Gasteiger partial charge on any atom is 0.313 e. The van der Waals surface area contributed by atoms with Crippen molar-refractivity contribution in [2.75, 3.05) is 14.2 Å². The second-order valence-corrected chi connectivity index (χ2v) is 5.31. The fourth-order valence-corrected chi connectivity index (χ4v) is 2.57. The molecular weight excluding hydrogens is 258 g/mol. The predicted octanol–water partition coefficient (Wildman–Crippen LogP) is 2.86. The Balaban J connectivity index is 2.80. The van der Waals surface area contributed by atoms with Gasteiger partial charge in [-0.1, -0.05) is 0 Å². The van der Waals surface area contributed by atoms with Crippen molar-refractivity contribution in [1.29, 1.82) is 0 Å². The first-order chi connectivity index (χ1) is 9.32. The van der Waals surface area contributed by atoms with E-state index in [9.17, 15) is 9.90 Å². The average Bonchev–Trinajstić information content (AvgIpc) is 2.71. The molecule has 0 aliphatic carbocycles. The van der Waals surface area contributed by atoms with E-state index in [-0.39, 0.29) is 0 Å². The number of benzene rings is 1. The van der Waals surface area contributed by atoms with Crippen molar-refractivity contribution in [2.45, 2.75) is 26.2 Å². The Labute approximate surface area is 117 Å². The average molecular weight is 277 g/mol. The number of carboxylic acid groups (broad SMARTS) is 1. The molecule has 108 valence electrons. The molecule has 0 saturated carbocycles. The van der Waals surface area contributed by atoms with Crippen LogP contribution in [0.15, 0.2) is 12.1 Å². The second-order valence-electron chi connectivity index (χ2n) is 5.31. The SMILES string of the molecule is COc1cc2[nH]c(C)c(C(C)(C)C(=O)O)c2cc1OC. The standard InChI is InChI=1S/C15H19NO4/c1-8-13(15(2,3)14(17)18)9-6-11(19-4)12(20-5)7-10(9)16-8/h6-7,16H,1-5H3,(H,17,18). The van der Waals surface area contributed by atoms with E-state index in [1.807, 2.05) is 19.1 Å². The van der Waals surface area contributed by atoms with E-state index < -0.39 is 11.4 Å². The van der Waals surface area contributed by atoms with Crippen LogP contribution in [0.25, 0.3) is 10.9 Å². The number of carbonyl (C=O) groups is 1. The van der Waals surface area contributed by atoms with E-state index in [1.54, 1.807) is 28.1 Å². The van der Waals surface area contributed by atoms with Gasteiger partial charge in [-0.3, -0.25) is 4.79 Å². The third-order valence-corrected chi connectivity index (χ3v) is 3.65. The fourth-order valence-electron chi connectivity index (χ4n) is 2.57. The van der Waals surface area contributed by atoms with Gasteiger partial charge in [-0.2, -0.15) is 0 Å². The molecule has 0 aliphatic rings. The van der Waals surface area contributed by atoms with Crippen molar-refractivity contribution < 1.29 is 19.4 Å². The highest BCUT2D eigenvalue weighted by Gasteiger charge is 2.34. The van der Waals surface area contributed by atoms with Gasteiger partial charge in [-0.25, -0.2) is 0 Å². The van der Waals surface area contributed by atoms with Crippen molar-refractivity contribution in [3.8, 4) is 11.5 Å². The van der Waals surface area contributed by atoms with E-state index in [0.29, 0.717) is 11.5 Å². The first kappa shape index (κ1) is 14.2. The Morgan fingerprint density at radius 2 is 1.75 bits per heavy atom. The molecule has 0 spiro atoms. The third kappa shape index (κ3) is 1.99. The second kappa shape index (κ2) is 4.74. The van der Waals surface area contributed by atoms with Crippen LogP contribution in [-0.2, 0) is 10.2 Å². The zero-order valence-corrected chi connectivity index (χ0v) is 12.3. The molecule has 2 rings (SSSR count). The number of aromatic nitrogens is 1. The van der Waals surface area contributed by atoms with Crippen molar-refractivity contribution in [1.82, 2.24) is 4.98 Å². The molecule has 0 fully saturated rings. The number of rotatable bonds is 4. The number of methoxy groups -OCH3 is 2. The van der Waals surface area contributed by atoms with Crippen LogP contribution in [0, 0.1) is 6.92 Å². The van der Waals surface area contributed by atoms with Crippen LogP contribution < -0.4 is 9.47 Å². The number of carboxylic acids is 1. The van der Waals surface area contributed by atoms with E-state index in [2.05, 4.69) is 4.98 Å². The highest BCUT2D eigenvalue weighted by Crippen LogP contribution is 2.39. The molecule has 0 unspecified atom stereocenters. The number of fused-ring (bicyclic) bond motifs is 1. The summed E-state index contributed by atoms with van der Waals surface area (Å²) < 4.78 is 10.6. The van der Waals surface area contributed by atoms with Crippen molar-refractivity contribution in [2.24, 2.45) is 0 Å². The molecule has 2 N–H and O–H groups in total. The zero-order valence-electron chi connectivity index (χ0n) is 12.3. The summed E-state index contributed by atoms with van der Waals surface area (Å²) in [5.41, 5.74) is 1.45. The van der Waals surface area contributed by atoms with Gasteiger partial charge >= 0.3 is 5.97 Å². The number of hydrogen-bond donors (Lipinski definition) is 2. The molecule has 0 saturated heterocycles. The maximum absolute atomic E-state index is 11.5. The molecule has 20 heavy (non-hydrogen) atoms. The Hall–Kier alpha value is -2.17. The predicted molar refractivity (Wildman–Crippen MR) is 76.8 cm³/mol. The number of H-pyrrole nitrogens is 1. The number of aliphatic carboxylic acids is 1. The van der Waals surface area contributed by atoms with Gasteiger partial charge in [0.05, 0.1) is 19.6 Å². The minimum atomic E-state index is -0.984. The number of hydrogen-bond acceptors (Lipinski definition) is 3. The van der Waals surface area contributed by atoms with Crippen LogP contribution in [-0.4, -0.2) is 30.3 Å². The molecule has 2 aromatic rings. The van der Waals surface area contributed by atoms with Crippen molar-refractivity contribution >= 4 is 16.9 Å². The van der Waals surface area contributed by atoms with Crippen LogP contribution in [0.4, 0.5) is 0 Å². The first-order valence-corrected chi connectivity index (χ1v) is 6.31. The lowest BCUT2D eigenvalue weighted by Crippen LogP contribution is -2.29. The molecule has 1 aromatic carbocycles. The highest BCUT2D eigenvalue weighted by atomic mass is 16.5. The zero-order chi connectivity index (χ0) is 15.1. The lowest BCUT2D eigenvalue weighted by Gasteiger charge is -2.20. The Bertz CT molecular complexity index is 670. The molecule has 5 heteroatoms. The van der Waals surface area contributed by atoms with Gasteiger partial charge in [0, 0.05) is 22.7 Å². The van der Waals surface area contributed by atoms with Crippen molar-refractivity contribution in [3.63, 3.8) is 0 Å². The summed E-state index contributed by atoms with van der Waals surface area (Å²) in [7, 11) is 3.13. The van der Waals surface area contributed by atoms with Gasteiger partial charge in [-0.15, -0.1) is 0 Å². The number of aryl methyl sites for hydroxylation is 1. The summed E-state index contributed by atoms with van der Waals surface area (Å²) in [6.45, 7) is 5.27. The first-order valence-electron chi connectivity index (χ1n) is 6.31. The van der Waals surface area contributed by atoms with E-state index >= 15 is 0 Å². The summed E-state index contributed by atoms with van der Waals surface area (Å²) in [6.07, 6.45) is 0. The van der Waals surface area contributed by atoms with Gasteiger partial charge in [0.15, 0.2) is 11.5 Å². The topological polar surface area (TPSA) is 71.6 Å². The maximum atomic E-state index is 11.5. The van der Waals surface area contributed by atoms with Gasteiger partial charge in [0.1, 0.15) is 0 Å². The third-order valence-electron chi connectivity index (χ3n) is 3.65. The minimum Gasteiger partial charge on any atom is -0.493 e. The molecule has 5 nitrogen and oxygen atoms in total. The normalized spacial score (nSPS) is 11.7. The van der Waals surface area contributed by atoms with Gasteiger partial charge in [-0.05, 0) is 32.4 Å². The molecular formula is C15H19NO4. The molecule has 0 amide bonds. The fraction of sp³-hybridized carbons (Fsp3) is 0.400. The quantitative estimate of drug-likeness (QED) is 0.901. The van der Waals surface area contributed by atoms with E-state index in [1.165, 1.54) is 0 Å². The van der Waals surface area contributed by atoms with Crippen LogP contribution >= 0.6 is 0 Å². The van der Waals surface area contributed by atoms with E-state index in [0.717, 1.165) is 22.2 Å². The van der Waals surface area contributed by atoms with Gasteiger partial charge in [0.25, 0.3) is 0 Å². The monoisotopic (exact) mass is 277 g/mol. The Morgan fingerprint density at radius 1 is 1.20 bits per heavy atom. The van der Waals surface area contributed by atoms with Crippen molar-refractivity contribution in [3.05, 3.63) is 23.4 Å². The lowest BCUT2D eigenvalue weighted by atomic mass is 9.83. The number of nitrogens with one attached hydrogen (secondary N) is 1. The molecule has 1 heterocycles. The summed E-state index contributed by atoms with van der Waals surface area (Å²) in [5.74, 6) is 0.332. The van der Waals surface area contributed by atoms with Crippen LogP contribution in [0.2, 0.25) is 0 Å². The van der Waals surface area contributed by atoms with Crippen LogP contribution in [0.1, 0.15) is 25.1 Å². The Kier molecular flexibility index (Phi) is 3.38. The van der Waals surface area contributed by atoms with E-state index in [4.69, 9.17) is 9.47 Å². The number of ether oxygens (including phenoxy) is 2. The van der Waals surface area contributed by atoms with Gasteiger partial charge in [0.2, 0.25) is 0 Å². The van der Waals surface area contributed by atoms with Crippen LogP contribution in [0.5, 0.6) is 11.5 Å². The summed E-state index contributed by atoms with van der Waals surface area (Å²) in [4.78, 5) is 14.7. The summed E-state index contributed by atoms with van der Waals surface area (Å²) in [6, 6.07) is 3.64. The summed E-state index contributed by atoms with van der Waals surface area (Å²) in [5, 5.41) is 10.3. The molecule has 0 bridgehead atoms. The lowest BCUT2D eigenvalue weighted by molar-refractivity contribution is -0.142. The molecule has 0 radical (unpaired) electrons. The molecule has 0 atom stereocenters. The summed E-state index contributed by atoms with van der Waals surface area (Å²) >= 11 is 0. The highest BCUT2D eigenvalue weighted by molar-refractivity contribution is 5.94. The minimum absolute atomic E-state index is 0.585.